The molecule has 0 saturated carbocycles. The van der Waals surface area contributed by atoms with Gasteiger partial charge in [0.2, 0.25) is 5.95 Å². The van der Waals surface area contributed by atoms with Crippen LogP contribution in [0.1, 0.15) is 55.1 Å². The van der Waals surface area contributed by atoms with Crippen molar-refractivity contribution in [1.29, 1.82) is 0 Å². The van der Waals surface area contributed by atoms with Crippen molar-refractivity contribution in [3.8, 4) is 0 Å². The lowest BCUT2D eigenvalue weighted by molar-refractivity contribution is 0.0956. The lowest BCUT2D eigenvalue weighted by Gasteiger charge is -2.40. The number of aromatic nitrogens is 3. The number of para-hydroxylation sites is 1. The fourth-order valence-corrected chi connectivity index (χ4v) is 5.55. The second-order valence-corrected chi connectivity index (χ2v) is 10.6. The highest BCUT2D eigenvalue weighted by Gasteiger charge is 2.26. The molecule has 2 fully saturated rings. The molecule has 2 aliphatic heterocycles. The predicted molar refractivity (Wildman–Crippen MR) is 158 cm³/mol. The molecule has 3 N–H and O–H groups in total. The number of hydrogen-bond donors (Lipinski definition) is 3. The van der Waals surface area contributed by atoms with E-state index in [0.717, 1.165) is 30.3 Å². The number of piperidine rings is 2. The number of benzene rings is 1. The molecule has 5 rings (SSSR count). The lowest BCUT2D eigenvalue weighted by atomic mass is 10.00. The second kappa shape index (κ2) is 12.6. The summed E-state index contributed by atoms with van der Waals surface area (Å²) in [5.41, 5.74) is 2.83. The summed E-state index contributed by atoms with van der Waals surface area (Å²) < 4.78 is 0. The van der Waals surface area contributed by atoms with Crippen LogP contribution in [0.15, 0.2) is 42.6 Å². The van der Waals surface area contributed by atoms with Gasteiger partial charge >= 0.3 is 0 Å². The molecule has 39 heavy (non-hydrogen) atoms. The first-order chi connectivity index (χ1) is 19.0. The first kappa shape index (κ1) is 27.1. The van der Waals surface area contributed by atoms with E-state index in [-0.39, 0.29) is 5.91 Å². The summed E-state index contributed by atoms with van der Waals surface area (Å²) in [6, 6.07) is 12.1. The Bertz CT molecular complexity index is 1290. The zero-order valence-corrected chi connectivity index (χ0v) is 23.5. The first-order valence-corrected chi connectivity index (χ1v) is 14.3. The van der Waals surface area contributed by atoms with Crippen molar-refractivity contribution in [3.05, 3.63) is 58.9 Å². The Morgan fingerprint density at radius 3 is 2.49 bits per heavy atom. The van der Waals surface area contributed by atoms with E-state index >= 15 is 0 Å². The molecule has 3 aromatic rings. The van der Waals surface area contributed by atoms with Crippen molar-refractivity contribution in [2.75, 3.05) is 48.3 Å². The van der Waals surface area contributed by atoms with Gasteiger partial charge in [-0.2, -0.15) is 4.98 Å². The smallest absolute Gasteiger partial charge is 0.253 e. The average Bonchev–Trinajstić information content (AvgIpc) is 2.97. The molecule has 0 spiro atoms. The highest BCUT2D eigenvalue weighted by Crippen LogP contribution is 2.29. The van der Waals surface area contributed by atoms with Gasteiger partial charge in [0, 0.05) is 25.7 Å². The average molecular weight is 549 g/mol. The normalized spacial score (nSPS) is 16.6. The van der Waals surface area contributed by atoms with E-state index in [1.807, 2.05) is 38.1 Å². The van der Waals surface area contributed by atoms with Crippen molar-refractivity contribution < 1.29 is 4.79 Å². The molecule has 0 radical (unpaired) electrons. The van der Waals surface area contributed by atoms with E-state index in [4.69, 9.17) is 16.6 Å². The topological polar surface area (TPSA) is 98.3 Å². The molecular weight excluding hydrogens is 512 g/mol. The van der Waals surface area contributed by atoms with Crippen LogP contribution in [0.5, 0.6) is 0 Å². The second-order valence-electron chi connectivity index (χ2n) is 10.2. The Morgan fingerprint density at radius 1 is 0.974 bits per heavy atom. The third-order valence-electron chi connectivity index (χ3n) is 7.52. The molecule has 2 aromatic heterocycles. The van der Waals surface area contributed by atoms with Gasteiger partial charge in [0.05, 0.1) is 28.8 Å². The molecule has 2 saturated heterocycles. The van der Waals surface area contributed by atoms with E-state index in [9.17, 15) is 4.79 Å². The number of hydrogen-bond acceptors (Lipinski definition) is 8. The molecule has 0 atom stereocenters. The standard InChI is InChI=1S/C29H37ClN8O/c1-3-31-28(39)22-9-5-6-10-25(22)34-27-23(30)19-32-29(36-27)35-24-11-12-26(33-20(24)2)38-17-13-21(14-18-38)37-15-7-4-8-16-37/h5-6,9-12,19,21H,3-4,7-8,13-18H2,1-2H3,(H,31,39)(H2,32,34,35,36). The van der Waals surface area contributed by atoms with Gasteiger partial charge in [-0.1, -0.05) is 30.2 Å². The molecule has 0 bridgehead atoms. The number of aryl methyl sites for hydroxylation is 1. The number of carbonyl (C=O) groups excluding carboxylic acids is 1. The third kappa shape index (κ3) is 6.59. The number of nitrogens with zero attached hydrogens (tertiary/aromatic N) is 5. The summed E-state index contributed by atoms with van der Waals surface area (Å²) in [7, 11) is 0. The van der Waals surface area contributed by atoms with Crippen LogP contribution in [0.25, 0.3) is 0 Å². The van der Waals surface area contributed by atoms with Crippen LogP contribution in [0.2, 0.25) is 5.02 Å². The van der Waals surface area contributed by atoms with Crippen molar-refractivity contribution in [2.24, 2.45) is 0 Å². The molecule has 10 heteroatoms. The van der Waals surface area contributed by atoms with Gasteiger partial charge in [-0.05, 0) is 76.9 Å². The molecule has 206 valence electrons. The molecule has 0 aliphatic carbocycles. The van der Waals surface area contributed by atoms with Crippen molar-refractivity contribution in [1.82, 2.24) is 25.2 Å². The third-order valence-corrected chi connectivity index (χ3v) is 7.80. The molecule has 2 aliphatic rings. The van der Waals surface area contributed by atoms with Crippen LogP contribution in [0.3, 0.4) is 0 Å². The predicted octanol–water partition coefficient (Wildman–Crippen LogP) is 5.53. The van der Waals surface area contributed by atoms with E-state index in [1.54, 1.807) is 6.07 Å². The monoisotopic (exact) mass is 548 g/mol. The highest BCUT2D eigenvalue weighted by molar-refractivity contribution is 6.33. The summed E-state index contributed by atoms with van der Waals surface area (Å²) >= 11 is 6.40. The number of pyridine rings is 1. The van der Waals surface area contributed by atoms with Crippen molar-refractivity contribution in [2.45, 2.75) is 52.0 Å². The van der Waals surface area contributed by atoms with Crippen LogP contribution >= 0.6 is 11.6 Å². The maximum Gasteiger partial charge on any atom is 0.253 e. The number of nitrogens with one attached hydrogen (secondary N) is 3. The fraction of sp³-hybridized carbons (Fsp3) is 0.448. The Morgan fingerprint density at radius 2 is 1.74 bits per heavy atom. The van der Waals surface area contributed by atoms with Crippen LogP contribution in [0, 0.1) is 6.92 Å². The Balaban J connectivity index is 1.25. The summed E-state index contributed by atoms with van der Waals surface area (Å²) in [5.74, 6) is 1.64. The molecule has 4 heterocycles. The Labute approximate surface area is 235 Å². The van der Waals surface area contributed by atoms with Crippen LogP contribution < -0.4 is 20.9 Å². The quantitative estimate of drug-likeness (QED) is 0.338. The van der Waals surface area contributed by atoms with E-state index in [2.05, 4.69) is 41.8 Å². The summed E-state index contributed by atoms with van der Waals surface area (Å²) in [5, 5.41) is 9.65. The highest BCUT2D eigenvalue weighted by atomic mass is 35.5. The molecule has 0 unspecified atom stereocenters. The SMILES string of the molecule is CCNC(=O)c1ccccc1Nc1nc(Nc2ccc(N3CCC(N4CCCCC4)CC3)nc2C)ncc1Cl. The van der Waals surface area contributed by atoms with E-state index < -0.39 is 0 Å². The number of carbonyl (C=O) groups is 1. The number of amides is 1. The zero-order chi connectivity index (χ0) is 27.2. The van der Waals surface area contributed by atoms with Gasteiger partial charge in [0.15, 0.2) is 5.82 Å². The summed E-state index contributed by atoms with van der Waals surface area (Å²) in [6.07, 6.45) is 7.99. The Hall–Kier alpha value is -3.43. The number of likely N-dealkylation sites (tertiary alicyclic amines) is 1. The maximum absolute atomic E-state index is 12.5. The molecule has 9 nitrogen and oxygen atoms in total. The van der Waals surface area contributed by atoms with Gasteiger partial charge in [-0.25, -0.2) is 9.97 Å². The minimum atomic E-state index is -0.165. The van der Waals surface area contributed by atoms with Crippen molar-refractivity contribution in [3.63, 3.8) is 0 Å². The van der Waals surface area contributed by atoms with Gasteiger partial charge in [-0.15, -0.1) is 0 Å². The first-order valence-electron chi connectivity index (χ1n) is 13.9. The number of halogens is 1. The molecular formula is C29H37ClN8O. The summed E-state index contributed by atoms with van der Waals surface area (Å²) in [6.45, 7) is 9.00. The van der Waals surface area contributed by atoms with Crippen LogP contribution in [-0.2, 0) is 0 Å². The lowest BCUT2D eigenvalue weighted by Crippen LogP contribution is -2.46. The van der Waals surface area contributed by atoms with Gasteiger partial charge in [0.25, 0.3) is 5.91 Å². The van der Waals surface area contributed by atoms with Crippen LogP contribution in [-0.4, -0.2) is 64.5 Å². The molecule has 1 aromatic carbocycles. The molecule has 1 amide bonds. The van der Waals surface area contributed by atoms with Crippen LogP contribution in [0.4, 0.5) is 29.0 Å². The minimum Gasteiger partial charge on any atom is -0.356 e. The van der Waals surface area contributed by atoms with Crippen molar-refractivity contribution >= 4 is 46.5 Å². The minimum absolute atomic E-state index is 0.165. The maximum atomic E-state index is 12.5. The van der Waals surface area contributed by atoms with Gasteiger partial charge in [0.1, 0.15) is 10.8 Å². The number of anilines is 5. The largest absolute Gasteiger partial charge is 0.356 e. The zero-order valence-electron chi connectivity index (χ0n) is 22.7. The van der Waals surface area contributed by atoms with Gasteiger partial charge in [-0.3, -0.25) is 4.79 Å². The van der Waals surface area contributed by atoms with E-state index in [1.165, 1.54) is 51.4 Å². The Kier molecular flexibility index (Phi) is 8.78. The van der Waals surface area contributed by atoms with E-state index in [0.29, 0.717) is 40.6 Å². The fourth-order valence-electron chi connectivity index (χ4n) is 5.41. The number of rotatable bonds is 8. The summed E-state index contributed by atoms with van der Waals surface area (Å²) in [4.78, 5) is 31.4. The van der Waals surface area contributed by atoms with Gasteiger partial charge < -0.3 is 25.8 Å².